The molecule has 2 heterocycles. The summed E-state index contributed by atoms with van der Waals surface area (Å²) in [5.74, 6) is 0.275. The van der Waals surface area contributed by atoms with Gasteiger partial charge in [-0.05, 0) is 43.3 Å². The maximum absolute atomic E-state index is 13.6. The van der Waals surface area contributed by atoms with E-state index in [1.807, 2.05) is 30.3 Å². The third-order valence-corrected chi connectivity index (χ3v) is 4.59. The Morgan fingerprint density at radius 3 is 2.71 bits per heavy atom. The highest BCUT2D eigenvalue weighted by molar-refractivity contribution is 5.77. The molecule has 2 aromatic carbocycles. The molecule has 0 aliphatic rings. The van der Waals surface area contributed by atoms with Gasteiger partial charge in [-0.15, -0.1) is 5.10 Å². The van der Waals surface area contributed by atoms with E-state index >= 15 is 0 Å². The SMILES string of the molecule is COc1ccc(-c2cc3nc([C@@H](C)NC(=O)COc4ccccc4F)nn3cn2)cc1. The summed E-state index contributed by atoms with van der Waals surface area (Å²) in [6, 6.07) is 14.8. The number of para-hydroxylation sites is 1. The number of methoxy groups -OCH3 is 1. The van der Waals surface area contributed by atoms with Crippen molar-refractivity contribution in [2.24, 2.45) is 0 Å². The molecule has 0 saturated heterocycles. The van der Waals surface area contributed by atoms with Crippen molar-refractivity contribution in [3.8, 4) is 22.8 Å². The lowest BCUT2D eigenvalue weighted by molar-refractivity contribution is -0.123. The quantitative estimate of drug-likeness (QED) is 0.493. The number of carbonyl (C=O) groups excluding carboxylic acids is 1. The van der Waals surface area contributed by atoms with Gasteiger partial charge in [0.15, 0.2) is 29.6 Å². The molecule has 0 spiro atoms. The number of rotatable bonds is 7. The number of ether oxygens (including phenoxy) is 2. The lowest BCUT2D eigenvalue weighted by Crippen LogP contribution is -2.31. The fraction of sp³-hybridized carbons (Fsp3) is 0.182. The standard InChI is InChI=1S/C22H20FN5O3/c1-14(25-21(29)12-31-19-6-4-3-5-17(19)23)22-26-20-11-18(24-13-28(20)27-22)15-7-9-16(30-2)10-8-15/h3-11,13-14H,12H2,1-2H3,(H,25,29)/t14-/m1/s1. The van der Waals surface area contributed by atoms with Crippen molar-refractivity contribution in [1.29, 1.82) is 0 Å². The predicted octanol–water partition coefficient (Wildman–Crippen LogP) is 3.20. The monoisotopic (exact) mass is 421 g/mol. The molecular formula is C22H20FN5O3. The maximum Gasteiger partial charge on any atom is 0.258 e. The summed E-state index contributed by atoms with van der Waals surface area (Å²) in [4.78, 5) is 21.1. The summed E-state index contributed by atoms with van der Waals surface area (Å²) in [6.07, 6.45) is 1.57. The van der Waals surface area contributed by atoms with Gasteiger partial charge in [-0.1, -0.05) is 12.1 Å². The van der Waals surface area contributed by atoms with E-state index in [1.54, 1.807) is 37.0 Å². The normalized spacial score (nSPS) is 11.8. The van der Waals surface area contributed by atoms with Gasteiger partial charge in [0.2, 0.25) is 0 Å². The maximum atomic E-state index is 13.6. The first kappa shape index (κ1) is 20.3. The van der Waals surface area contributed by atoms with Gasteiger partial charge in [0.05, 0.1) is 18.8 Å². The molecule has 1 N–H and O–H groups in total. The van der Waals surface area contributed by atoms with Gasteiger partial charge in [-0.3, -0.25) is 4.79 Å². The number of hydrogen-bond donors (Lipinski definition) is 1. The predicted molar refractivity (Wildman–Crippen MR) is 111 cm³/mol. The highest BCUT2D eigenvalue weighted by Gasteiger charge is 2.16. The van der Waals surface area contributed by atoms with Gasteiger partial charge < -0.3 is 14.8 Å². The first-order chi connectivity index (χ1) is 15.0. The van der Waals surface area contributed by atoms with Crippen LogP contribution >= 0.6 is 0 Å². The highest BCUT2D eigenvalue weighted by atomic mass is 19.1. The van der Waals surface area contributed by atoms with E-state index in [0.29, 0.717) is 11.5 Å². The van der Waals surface area contributed by atoms with Crippen LogP contribution in [0.15, 0.2) is 60.9 Å². The van der Waals surface area contributed by atoms with Gasteiger partial charge in [0.25, 0.3) is 5.91 Å². The van der Waals surface area contributed by atoms with E-state index < -0.39 is 17.8 Å². The van der Waals surface area contributed by atoms with E-state index in [0.717, 1.165) is 17.0 Å². The number of nitrogens with zero attached hydrogens (tertiary/aromatic N) is 4. The van der Waals surface area contributed by atoms with Crippen molar-refractivity contribution in [1.82, 2.24) is 24.9 Å². The molecule has 9 heteroatoms. The van der Waals surface area contributed by atoms with Crippen LogP contribution in [0, 0.1) is 5.82 Å². The summed E-state index contributed by atoms with van der Waals surface area (Å²) in [5, 5.41) is 7.11. The van der Waals surface area contributed by atoms with Gasteiger partial charge in [0, 0.05) is 11.6 Å². The Bertz CT molecular complexity index is 1210. The van der Waals surface area contributed by atoms with Crippen molar-refractivity contribution in [3.63, 3.8) is 0 Å². The highest BCUT2D eigenvalue weighted by Crippen LogP contribution is 2.22. The lowest BCUT2D eigenvalue weighted by Gasteiger charge is -2.11. The molecule has 4 aromatic rings. The third kappa shape index (κ3) is 4.61. The second-order valence-corrected chi connectivity index (χ2v) is 6.78. The number of halogens is 1. The Labute approximate surface area is 177 Å². The number of carbonyl (C=O) groups is 1. The number of aromatic nitrogens is 4. The van der Waals surface area contributed by atoms with E-state index in [4.69, 9.17) is 9.47 Å². The third-order valence-electron chi connectivity index (χ3n) is 4.59. The van der Waals surface area contributed by atoms with Gasteiger partial charge in [0.1, 0.15) is 12.1 Å². The van der Waals surface area contributed by atoms with Crippen molar-refractivity contribution in [2.45, 2.75) is 13.0 Å². The smallest absolute Gasteiger partial charge is 0.258 e. The van der Waals surface area contributed by atoms with Crippen molar-refractivity contribution in [2.75, 3.05) is 13.7 Å². The fourth-order valence-electron chi connectivity index (χ4n) is 2.97. The Balaban J connectivity index is 1.43. The molecule has 1 atom stereocenters. The second kappa shape index (κ2) is 8.78. The number of hydrogen-bond acceptors (Lipinski definition) is 6. The number of benzene rings is 2. The van der Waals surface area contributed by atoms with Crippen LogP contribution in [0.4, 0.5) is 4.39 Å². The molecule has 0 radical (unpaired) electrons. The van der Waals surface area contributed by atoms with Crippen LogP contribution < -0.4 is 14.8 Å². The zero-order valence-electron chi connectivity index (χ0n) is 16.9. The molecule has 0 fully saturated rings. The van der Waals surface area contributed by atoms with Gasteiger partial charge >= 0.3 is 0 Å². The van der Waals surface area contributed by atoms with Crippen LogP contribution in [0.1, 0.15) is 18.8 Å². The number of nitrogens with one attached hydrogen (secondary N) is 1. The zero-order chi connectivity index (χ0) is 21.8. The van der Waals surface area contributed by atoms with Crippen LogP contribution in [0.5, 0.6) is 11.5 Å². The molecule has 0 aliphatic carbocycles. The van der Waals surface area contributed by atoms with E-state index in [2.05, 4.69) is 20.4 Å². The van der Waals surface area contributed by atoms with Crippen molar-refractivity contribution < 1.29 is 18.7 Å². The van der Waals surface area contributed by atoms with Crippen LogP contribution in [-0.2, 0) is 4.79 Å². The minimum absolute atomic E-state index is 0.0216. The molecule has 8 nitrogen and oxygen atoms in total. The van der Waals surface area contributed by atoms with Crippen molar-refractivity contribution in [3.05, 3.63) is 72.6 Å². The van der Waals surface area contributed by atoms with Crippen LogP contribution in [0.25, 0.3) is 16.9 Å². The summed E-state index contributed by atoms with van der Waals surface area (Å²) in [5.41, 5.74) is 2.25. The largest absolute Gasteiger partial charge is 0.497 e. The molecule has 158 valence electrons. The molecule has 31 heavy (non-hydrogen) atoms. The van der Waals surface area contributed by atoms with E-state index in [-0.39, 0.29) is 12.4 Å². The average Bonchev–Trinajstić information content (AvgIpc) is 3.22. The summed E-state index contributed by atoms with van der Waals surface area (Å²) in [6.45, 7) is 1.44. The molecule has 4 rings (SSSR count). The minimum Gasteiger partial charge on any atom is -0.497 e. The van der Waals surface area contributed by atoms with E-state index in [1.165, 1.54) is 12.1 Å². The first-order valence-corrected chi connectivity index (χ1v) is 9.57. The molecule has 0 unspecified atom stereocenters. The minimum atomic E-state index is -0.523. The zero-order valence-corrected chi connectivity index (χ0v) is 16.9. The second-order valence-electron chi connectivity index (χ2n) is 6.78. The van der Waals surface area contributed by atoms with E-state index in [9.17, 15) is 9.18 Å². The summed E-state index contributed by atoms with van der Waals surface area (Å²) >= 11 is 0. The van der Waals surface area contributed by atoms with Crippen molar-refractivity contribution >= 4 is 11.6 Å². The topological polar surface area (TPSA) is 90.6 Å². The fourth-order valence-corrected chi connectivity index (χ4v) is 2.97. The Hall–Kier alpha value is -4.01. The molecule has 0 bridgehead atoms. The Morgan fingerprint density at radius 2 is 1.97 bits per heavy atom. The Morgan fingerprint density at radius 1 is 1.19 bits per heavy atom. The molecule has 0 saturated carbocycles. The first-order valence-electron chi connectivity index (χ1n) is 9.57. The number of fused-ring (bicyclic) bond motifs is 1. The van der Waals surface area contributed by atoms with Gasteiger partial charge in [-0.2, -0.15) is 0 Å². The summed E-state index contributed by atoms with van der Waals surface area (Å²) in [7, 11) is 1.61. The average molecular weight is 421 g/mol. The number of amides is 1. The van der Waals surface area contributed by atoms with Crippen LogP contribution in [0.2, 0.25) is 0 Å². The molecular weight excluding hydrogens is 401 g/mol. The Kier molecular flexibility index (Phi) is 5.74. The van der Waals surface area contributed by atoms with Crippen LogP contribution in [-0.4, -0.2) is 39.2 Å². The molecule has 2 aromatic heterocycles. The molecule has 0 aliphatic heterocycles. The molecule has 1 amide bonds. The summed E-state index contributed by atoms with van der Waals surface area (Å²) < 4.78 is 25.5. The lowest BCUT2D eigenvalue weighted by atomic mass is 10.1. The van der Waals surface area contributed by atoms with Crippen LogP contribution in [0.3, 0.4) is 0 Å². The van der Waals surface area contributed by atoms with Gasteiger partial charge in [-0.25, -0.2) is 18.9 Å².